The lowest BCUT2D eigenvalue weighted by atomic mass is 9.52. The van der Waals surface area contributed by atoms with Gasteiger partial charge in [-0.15, -0.1) is 10.2 Å². The molecule has 0 amide bonds. The van der Waals surface area contributed by atoms with Crippen molar-refractivity contribution in [3.05, 3.63) is 48.3 Å². The van der Waals surface area contributed by atoms with Gasteiger partial charge >= 0.3 is 5.97 Å². The van der Waals surface area contributed by atoms with Gasteiger partial charge in [0, 0.05) is 5.39 Å². The third kappa shape index (κ3) is 5.83. The number of ether oxygens (including phenoxy) is 1. The second kappa shape index (κ2) is 11.9. The zero-order chi connectivity index (χ0) is 26.6. The number of thioether (sulfide) groups is 1. The third-order valence-corrected chi connectivity index (χ3v) is 9.61. The molecule has 2 aliphatic carbocycles. The van der Waals surface area contributed by atoms with Crippen LogP contribution in [0.25, 0.3) is 16.5 Å². The molecule has 1 aromatic heterocycles. The molecule has 2 aromatic carbocycles. The summed E-state index contributed by atoms with van der Waals surface area (Å²) in [6.07, 6.45) is 14.8. The zero-order valence-corrected chi connectivity index (χ0v) is 23.8. The largest absolute Gasteiger partial charge is 0.459 e. The molecular formula is C31H40BN3O2S. The number of aromatic nitrogens is 3. The fraction of sp³-hybridized carbons (Fsp3) is 0.581. The summed E-state index contributed by atoms with van der Waals surface area (Å²) in [6, 6.07) is 12.9. The van der Waals surface area contributed by atoms with E-state index >= 15 is 0 Å². The highest BCUT2D eigenvalue weighted by Crippen LogP contribution is 2.51. The minimum Gasteiger partial charge on any atom is -0.459 e. The predicted octanol–water partition coefficient (Wildman–Crippen LogP) is 7.95. The van der Waals surface area contributed by atoms with Crippen LogP contribution in [0.4, 0.5) is 0 Å². The van der Waals surface area contributed by atoms with Crippen LogP contribution >= 0.6 is 11.8 Å². The number of esters is 1. The van der Waals surface area contributed by atoms with Crippen LogP contribution in [0.2, 0.25) is 5.31 Å². The summed E-state index contributed by atoms with van der Waals surface area (Å²) in [5.74, 6) is 0.613. The van der Waals surface area contributed by atoms with Crippen molar-refractivity contribution in [2.45, 2.75) is 113 Å². The first-order valence-corrected chi connectivity index (χ1v) is 15.5. The molecule has 7 heteroatoms. The molecule has 0 saturated heterocycles. The van der Waals surface area contributed by atoms with Gasteiger partial charge in [-0.2, -0.15) is 0 Å². The Balaban J connectivity index is 1.32. The molecule has 38 heavy (non-hydrogen) atoms. The number of carbonyl (C=O) groups excluding carboxylic acids is 1. The number of unbranched alkanes of at least 4 members (excludes halogenated alkanes) is 1. The molecule has 0 spiro atoms. The highest BCUT2D eigenvalue weighted by Gasteiger charge is 2.46. The normalized spacial score (nSPS) is 19.4. The summed E-state index contributed by atoms with van der Waals surface area (Å²) < 4.78 is 8.29. The van der Waals surface area contributed by atoms with Crippen molar-refractivity contribution in [2.75, 3.05) is 5.75 Å². The molecule has 2 radical (unpaired) electrons. The van der Waals surface area contributed by atoms with Crippen molar-refractivity contribution < 1.29 is 9.53 Å². The van der Waals surface area contributed by atoms with Crippen LogP contribution in [0.15, 0.2) is 47.9 Å². The maximum atomic E-state index is 13.3. The van der Waals surface area contributed by atoms with Gasteiger partial charge in [0.2, 0.25) is 0 Å². The van der Waals surface area contributed by atoms with Crippen LogP contribution in [0.3, 0.4) is 0 Å². The lowest BCUT2D eigenvalue weighted by molar-refractivity contribution is -0.161. The quantitative estimate of drug-likeness (QED) is 0.152. The summed E-state index contributed by atoms with van der Waals surface area (Å²) in [4.78, 5) is 13.3. The van der Waals surface area contributed by atoms with Crippen molar-refractivity contribution in [1.82, 2.24) is 14.8 Å². The van der Waals surface area contributed by atoms with Crippen molar-refractivity contribution >= 4 is 36.3 Å². The molecular weight excluding hydrogens is 489 g/mol. The van der Waals surface area contributed by atoms with E-state index in [-0.39, 0.29) is 11.7 Å². The van der Waals surface area contributed by atoms with E-state index in [1.54, 1.807) is 6.33 Å². The van der Waals surface area contributed by atoms with Gasteiger partial charge in [0.05, 0.1) is 19.3 Å². The number of benzene rings is 2. The van der Waals surface area contributed by atoms with E-state index in [1.807, 2.05) is 4.57 Å². The van der Waals surface area contributed by atoms with Crippen molar-refractivity contribution in [3.63, 3.8) is 0 Å². The van der Waals surface area contributed by atoms with Crippen molar-refractivity contribution in [3.8, 4) is 5.69 Å². The van der Waals surface area contributed by atoms with Gasteiger partial charge < -0.3 is 4.74 Å². The maximum Gasteiger partial charge on any atom is 0.316 e. The molecule has 0 aliphatic heterocycles. The van der Waals surface area contributed by atoms with Gasteiger partial charge in [0.15, 0.2) is 5.16 Å². The van der Waals surface area contributed by atoms with Crippen molar-refractivity contribution in [1.29, 1.82) is 0 Å². The van der Waals surface area contributed by atoms with Crippen LogP contribution in [-0.4, -0.2) is 39.9 Å². The number of hydrogen-bond acceptors (Lipinski definition) is 5. The fourth-order valence-electron chi connectivity index (χ4n) is 6.14. The van der Waals surface area contributed by atoms with E-state index in [0.29, 0.717) is 11.1 Å². The Morgan fingerprint density at radius 2 is 1.82 bits per heavy atom. The molecule has 1 unspecified atom stereocenters. The standard InChI is InChI=1S/C31H40BN3O2S/c1-3-4-18-30(2,31(32)19-10-6-5-7-11-20-31)37-28(36)21-38-29-34-33-22-35(29)27-17-16-24(23-14-15-23)25-12-8-9-13-26(25)27/h8-9,12-13,16-17,22-23H,3-7,10-11,14-15,18-21H2,1-2H3. The second-order valence-electron chi connectivity index (χ2n) is 11.5. The molecule has 5 rings (SSSR count). The molecule has 200 valence electrons. The van der Waals surface area contributed by atoms with E-state index < -0.39 is 10.9 Å². The fourth-order valence-corrected chi connectivity index (χ4v) is 6.84. The van der Waals surface area contributed by atoms with Crippen LogP contribution in [0, 0.1) is 0 Å². The zero-order valence-electron chi connectivity index (χ0n) is 23.0. The molecule has 0 bridgehead atoms. The number of hydrogen-bond donors (Lipinski definition) is 0. The molecule has 2 fully saturated rings. The molecule has 1 heterocycles. The van der Waals surface area contributed by atoms with Crippen LogP contribution in [0.1, 0.15) is 102 Å². The van der Waals surface area contributed by atoms with Crippen LogP contribution in [-0.2, 0) is 9.53 Å². The van der Waals surface area contributed by atoms with E-state index in [0.717, 1.165) is 50.6 Å². The van der Waals surface area contributed by atoms with E-state index in [4.69, 9.17) is 12.6 Å². The van der Waals surface area contributed by atoms with E-state index in [9.17, 15) is 4.79 Å². The summed E-state index contributed by atoms with van der Waals surface area (Å²) >= 11 is 1.38. The first-order chi connectivity index (χ1) is 18.4. The summed E-state index contributed by atoms with van der Waals surface area (Å²) in [6.45, 7) is 4.25. The first kappa shape index (κ1) is 27.3. The predicted molar refractivity (Wildman–Crippen MR) is 156 cm³/mol. The highest BCUT2D eigenvalue weighted by molar-refractivity contribution is 7.99. The molecule has 1 atom stereocenters. The Hall–Kier alpha value is -2.28. The smallest absolute Gasteiger partial charge is 0.316 e. The lowest BCUT2D eigenvalue weighted by Crippen LogP contribution is -2.45. The Kier molecular flexibility index (Phi) is 8.51. The number of rotatable bonds is 10. The topological polar surface area (TPSA) is 57.0 Å². The third-order valence-electron chi connectivity index (χ3n) is 8.69. The van der Waals surface area contributed by atoms with Gasteiger partial charge in [-0.05, 0) is 60.9 Å². The number of fused-ring (bicyclic) bond motifs is 1. The van der Waals surface area contributed by atoms with Gasteiger partial charge in [0.25, 0.3) is 0 Å². The summed E-state index contributed by atoms with van der Waals surface area (Å²) in [5.41, 5.74) is 1.79. The Morgan fingerprint density at radius 3 is 2.53 bits per heavy atom. The number of nitrogens with zero attached hydrogens (tertiary/aromatic N) is 3. The molecule has 3 aromatic rings. The van der Waals surface area contributed by atoms with Crippen molar-refractivity contribution in [2.24, 2.45) is 0 Å². The Labute approximate surface area is 232 Å². The summed E-state index contributed by atoms with van der Waals surface area (Å²) in [5, 5.41) is 11.2. The molecule has 0 N–H and O–H groups in total. The number of carbonyl (C=O) groups is 1. The Morgan fingerprint density at radius 1 is 1.11 bits per heavy atom. The molecule has 2 aliphatic rings. The minimum atomic E-state index is -0.666. The van der Waals surface area contributed by atoms with Crippen LogP contribution < -0.4 is 0 Å². The lowest BCUT2D eigenvalue weighted by Gasteiger charge is -2.48. The van der Waals surface area contributed by atoms with Gasteiger partial charge in [-0.25, -0.2) is 0 Å². The van der Waals surface area contributed by atoms with Gasteiger partial charge in [-0.3, -0.25) is 9.36 Å². The molecule has 2 saturated carbocycles. The average Bonchev–Trinajstić information content (AvgIpc) is 3.65. The van der Waals surface area contributed by atoms with Crippen LogP contribution in [0.5, 0.6) is 0 Å². The highest BCUT2D eigenvalue weighted by atomic mass is 32.2. The van der Waals surface area contributed by atoms with E-state index in [2.05, 4.69) is 60.4 Å². The summed E-state index contributed by atoms with van der Waals surface area (Å²) in [7, 11) is 7.07. The van der Waals surface area contributed by atoms with E-state index in [1.165, 1.54) is 60.2 Å². The Bertz CT molecular complexity index is 1250. The maximum absolute atomic E-state index is 13.3. The second-order valence-corrected chi connectivity index (χ2v) is 12.4. The average molecular weight is 530 g/mol. The minimum absolute atomic E-state index is 0.175. The van der Waals surface area contributed by atoms with Gasteiger partial charge in [-0.1, -0.05) is 100 Å². The molecule has 5 nitrogen and oxygen atoms in total. The SMILES string of the molecule is [B]C1(C(C)(CCCC)OC(=O)CSc2nncn2-c2ccc(C3CC3)c3ccccc23)CCCCCCC1. The van der Waals surface area contributed by atoms with Gasteiger partial charge in [0.1, 0.15) is 11.9 Å². The first-order valence-electron chi connectivity index (χ1n) is 14.5. The monoisotopic (exact) mass is 529 g/mol.